The second kappa shape index (κ2) is 8.18. The molecule has 0 atom stereocenters. The number of thioether (sulfide) groups is 1. The lowest BCUT2D eigenvalue weighted by molar-refractivity contribution is -0.120. The van der Waals surface area contributed by atoms with Crippen LogP contribution in [0.15, 0.2) is 41.8 Å². The Morgan fingerprint density at radius 1 is 1.21 bits per heavy atom. The molecule has 0 radical (unpaired) electrons. The van der Waals surface area contributed by atoms with Crippen LogP contribution in [-0.2, 0) is 4.79 Å². The van der Waals surface area contributed by atoms with Gasteiger partial charge < -0.3 is 15.0 Å². The lowest BCUT2D eigenvalue weighted by Crippen LogP contribution is -2.39. The van der Waals surface area contributed by atoms with Gasteiger partial charge in [-0.1, -0.05) is 11.8 Å². The SMILES string of the molecule is CN1C(=O)COc2ccc(C(=O)NC3CCC(Sc4ncccn4)CC3)cc21. The molecule has 2 aromatic rings. The first-order valence-corrected chi connectivity index (χ1v) is 10.3. The number of hydrogen-bond donors (Lipinski definition) is 1. The molecule has 1 aromatic carbocycles. The highest BCUT2D eigenvalue weighted by Crippen LogP contribution is 2.33. The quantitative estimate of drug-likeness (QED) is 0.797. The van der Waals surface area contributed by atoms with Crippen molar-refractivity contribution >= 4 is 29.3 Å². The predicted molar refractivity (Wildman–Crippen MR) is 107 cm³/mol. The molecule has 0 bridgehead atoms. The molecule has 8 heteroatoms. The van der Waals surface area contributed by atoms with Gasteiger partial charge in [0, 0.05) is 36.3 Å². The molecule has 2 amide bonds. The summed E-state index contributed by atoms with van der Waals surface area (Å²) in [5, 5.41) is 4.42. The standard InChI is InChI=1S/C20H22N4O3S/c1-24-16-11-13(3-8-17(16)27-12-18(24)25)19(26)23-14-4-6-15(7-5-14)28-20-21-9-2-10-22-20/h2-3,8-11,14-15H,4-7,12H2,1H3,(H,23,26). The van der Waals surface area contributed by atoms with Gasteiger partial charge in [-0.2, -0.15) is 0 Å². The first-order valence-electron chi connectivity index (χ1n) is 9.38. The number of ether oxygens (including phenoxy) is 1. The van der Waals surface area contributed by atoms with Crippen LogP contribution in [0.5, 0.6) is 5.75 Å². The van der Waals surface area contributed by atoms with E-state index in [9.17, 15) is 9.59 Å². The molecule has 1 saturated carbocycles. The molecule has 7 nitrogen and oxygen atoms in total. The van der Waals surface area contributed by atoms with Crippen LogP contribution in [0.3, 0.4) is 0 Å². The summed E-state index contributed by atoms with van der Waals surface area (Å²) in [7, 11) is 1.70. The van der Waals surface area contributed by atoms with E-state index >= 15 is 0 Å². The van der Waals surface area contributed by atoms with Crippen molar-refractivity contribution in [3.8, 4) is 5.75 Å². The van der Waals surface area contributed by atoms with Gasteiger partial charge in [0.25, 0.3) is 11.8 Å². The number of anilines is 1. The van der Waals surface area contributed by atoms with Crippen molar-refractivity contribution in [1.29, 1.82) is 0 Å². The smallest absolute Gasteiger partial charge is 0.264 e. The number of aromatic nitrogens is 2. The first kappa shape index (κ1) is 18.7. The Labute approximate surface area is 167 Å². The van der Waals surface area contributed by atoms with Gasteiger partial charge in [-0.15, -0.1) is 0 Å². The van der Waals surface area contributed by atoms with Gasteiger partial charge in [0.15, 0.2) is 11.8 Å². The fourth-order valence-electron chi connectivity index (χ4n) is 3.50. The molecule has 28 heavy (non-hydrogen) atoms. The van der Waals surface area contributed by atoms with Crippen molar-refractivity contribution in [2.24, 2.45) is 0 Å². The van der Waals surface area contributed by atoms with Crippen LogP contribution < -0.4 is 15.0 Å². The zero-order chi connectivity index (χ0) is 19.5. The Hall–Kier alpha value is -2.61. The average molecular weight is 398 g/mol. The van der Waals surface area contributed by atoms with E-state index in [1.165, 1.54) is 4.90 Å². The molecule has 1 N–H and O–H groups in total. The number of likely N-dealkylation sites (N-methyl/N-ethyl adjacent to an activating group) is 1. The summed E-state index contributed by atoms with van der Waals surface area (Å²) in [5.41, 5.74) is 1.17. The van der Waals surface area contributed by atoms with Gasteiger partial charge in [0.05, 0.1) is 5.69 Å². The minimum Gasteiger partial charge on any atom is -0.482 e. The van der Waals surface area contributed by atoms with E-state index in [1.54, 1.807) is 49.4 Å². The van der Waals surface area contributed by atoms with E-state index < -0.39 is 0 Å². The molecule has 2 heterocycles. The Balaban J connectivity index is 1.33. The van der Waals surface area contributed by atoms with Crippen molar-refractivity contribution in [3.05, 3.63) is 42.2 Å². The summed E-state index contributed by atoms with van der Waals surface area (Å²) in [5.74, 6) is 0.388. The van der Waals surface area contributed by atoms with E-state index in [0.717, 1.165) is 30.8 Å². The minimum absolute atomic E-state index is 0.0321. The summed E-state index contributed by atoms with van der Waals surface area (Å²) < 4.78 is 5.42. The molecule has 4 rings (SSSR count). The van der Waals surface area contributed by atoms with Gasteiger partial charge in [-0.3, -0.25) is 9.59 Å². The van der Waals surface area contributed by atoms with Gasteiger partial charge in [0.1, 0.15) is 5.75 Å². The second-order valence-corrected chi connectivity index (χ2v) is 8.29. The Morgan fingerprint density at radius 2 is 1.96 bits per heavy atom. The number of fused-ring (bicyclic) bond motifs is 1. The summed E-state index contributed by atoms with van der Waals surface area (Å²) in [6, 6.07) is 7.19. The lowest BCUT2D eigenvalue weighted by Gasteiger charge is -2.29. The van der Waals surface area contributed by atoms with Gasteiger partial charge in [-0.25, -0.2) is 9.97 Å². The van der Waals surface area contributed by atoms with Crippen LogP contribution in [0.2, 0.25) is 0 Å². The number of carbonyl (C=O) groups excluding carboxylic acids is 2. The van der Waals surface area contributed by atoms with E-state index in [0.29, 0.717) is 22.3 Å². The highest BCUT2D eigenvalue weighted by atomic mass is 32.2. The van der Waals surface area contributed by atoms with E-state index in [2.05, 4.69) is 15.3 Å². The number of amides is 2. The number of carbonyl (C=O) groups is 2. The average Bonchev–Trinajstić information content (AvgIpc) is 2.73. The maximum absolute atomic E-state index is 12.7. The van der Waals surface area contributed by atoms with Gasteiger partial charge in [-0.05, 0) is 49.9 Å². The number of benzene rings is 1. The van der Waals surface area contributed by atoms with E-state index in [4.69, 9.17) is 4.74 Å². The first-order chi connectivity index (χ1) is 13.6. The molecule has 1 fully saturated rings. The van der Waals surface area contributed by atoms with Crippen LogP contribution in [0.1, 0.15) is 36.0 Å². The van der Waals surface area contributed by atoms with Crippen LogP contribution >= 0.6 is 11.8 Å². The zero-order valence-corrected chi connectivity index (χ0v) is 16.4. The summed E-state index contributed by atoms with van der Waals surface area (Å²) in [6.07, 6.45) is 7.42. The molecule has 1 aromatic heterocycles. The molecular weight excluding hydrogens is 376 g/mol. The minimum atomic E-state index is -0.122. The number of nitrogens with zero attached hydrogens (tertiary/aromatic N) is 3. The van der Waals surface area contributed by atoms with Crippen molar-refractivity contribution < 1.29 is 14.3 Å². The number of rotatable bonds is 4. The molecule has 1 aliphatic heterocycles. The van der Waals surface area contributed by atoms with Crippen molar-refractivity contribution in [1.82, 2.24) is 15.3 Å². The Bertz CT molecular complexity index is 869. The molecule has 1 aliphatic carbocycles. The number of hydrogen-bond acceptors (Lipinski definition) is 6. The monoisotopic (exact) mass is 398 g/mol. The van der Waals surface area contributed by atoms with Crippen molar-refractivity contribution in [3.63, 3.8) is 0 Å². The second-order valence-electron chi connectivity index (χ2n) is 7.02. The highest BCUT2D eigenvalue weighted by Gasteiger charge is 2.26. The van der Waals surface area contributed by atoms with Crippen LogP contribution in [0.4, 0.5) is 5.69 Å². The highest BCUT2D eigenvalue weighted by molar-refractivity contribution is 7.99. The summed E-state index contributed by atoms with van der Waals surface area (Å²) in [4.78, 5) is 34.6. The van der Waals surface area contributed by atoms with Crippen LogP contribution in [0, 0.1) is 0 Å². The summed E-state index contributed by atoms with van der Waals surface area (Å²) >= 11 is 1.71. The Kier molecular flexibility index (Phi) is 5.47. The Morgan fingerprint density at radius 3 is 2.71 bits per heavy atom. The zero-order valence-electron chi connectivity index (χ0n) is 15.6. The van der Waals surface area contributed by atoms with Gasteiger partial charge >= 0.3 is 0 Å². The third-order valence-electron chi connectivity index (χ3n) is 5.13. The van der Waals surface area contributed by atoms with Crippen LogP contribution in [0.25, 0.3) is 0 Å². The van der Waals surface area contributed by atoms with Crippen LogP contribution in [-0.4, -0.2) is 46.7 Å². The van der Waals surface area contributed by atoms with Crippen molar-refractivity contribution in [2.45, 2.75) is 42.1 Å². The molecule has 0 spiro atoms. The molecular formula is C20H22N4O3S. The molecule has 146 valence electrons. The number of nitrogens with one attached hydrogen (secondary N) is 1. The third-order valence-corrected chi connectivity index (χ3v) is 6.36. The fourth-order valence-corrected chi connectivity index (χ4v) is 4.55. The lowest BCUT2D eigenvalue weighted by atomic mass is 9.94. The van der Waals surface area contributed by atoms with Gasteiger partial charge in [0.2, 0.25) is 0 Å². The topological polar surface area (TPSA) is 84.4 Å². The van der Waals surface area contributed by atoms with E-state index in [-0.39, 0.29) is 24.5 Å². The van der Waals surface area contributed by atoms with Crippen molar-refractivity contribution in [2.75, 3.05) is 18.6 Å². The normalized spacial score (nSPS) is 21.6. The fraction of sp³-hybridized carbons (Fsp3) is 0.400. The third kappa shape index (κ3) is 4.11. The summed E-state index contributed by atoms with van der Waals surface area (Å²) in [6.45, 7) is 0.0321. The largest absolute Gasteiger partial charge is 0.482 e. The molecule has 0 saturated heterocycles. The maximum Gasteiger partial charge on any atom is 0.264 e. The predicted octanol–water partition coefficient (Wildman–Crippen LogP) is 2.67. The van der Waals surface area contributed by atoms with E-state index in [1.807, 2.05) is 6.07 Å². The maximum atomic E-state index is 12.7. The molecule has 0 unspecified atom stereocenters. The molecule has 2 aliphatic rings.